The Kier molecular flexibility index (Phi) is 8.77. The van der Waals surface area contributed by atoms with Crippen LogP contribution in [0, 0.1) is 17.8 Å². The zero-order chi connectivity index (χ0) is 14.1. The van der Waals surface area contributed by atoms with Crippen molar-refractivity contribution in [3.63, 3.8) is 0 Å². The lowest BCUT2D eigenvalue weighted by molar-refractivity contribution is 0.0746. The fourth-order valence-electron chi connectivity index (χ4n) is 3.67. The van der Waals surface area contributed by atoms with Gasteiger partial charge in [-0.15, -0.1) is 0 Å². The highest BCUT2D eigenvalue weighted by Crippen LogP contribution is 2.39. The molecule has 114 valence electrons. The Hall–Kier alpha value is -0.0400. The topological polar surface area (TPSA) is 20.2 Å². The van der Waals surface area contributed by atoms with Gasteiger partial charge in [0.2, 0.25) is 0 Å². The molecular weight excluding hydrogens is 232 g/mol. The molecule has 0 aromatic carbocycles. The molecule has 2 saturated carbocycles. The van der Waals surface area contributed by atoms with Crippen molar-refractivity contribution < 1.29 is 5.11 Å². The Bertz CT molecular complexity index is 198. The minimum atomic E-state index is 0.0137. The molecule has 0 saturated heterocycles. The van der Waals surface area contributed by atoms with E-state index < -0.39 is 0 Å². The molecule has 0 amide bonds. The Morgan fingerprint density at radius 2 is 1.26 bits per heavy atom. The molecule has 0 spiro atoms. The fourth-order valence-corrected chi connectivity index (χ4v) is 3.67. The fraction of sp³-hybridized carbons (Fsp3) is 1.00. The Labute approximate surface area is 121 Å². The monoisotopic (exact) mass is 268 g/mol. The maximum atomic E-state index is 9.52. The van der Waals surface area contributed by atoms with Gasteiger partial charge in [-0.3, -0.25) is 0 Å². The molecule has 2 aliphatic carbocycles. The summed E-state index contributed by atoms with van der Waals surface area (Å²) in [4.78, 5) is 0. The van der Waals surface area contributed by atoms with Crippen LogP contribution >= 0.6 is 0 Å². The number of aliphatic hydroxyl groups is 1. The Balaban J connectivity index is 0.000000399. The van der Waals surface area contributed by atoms with Gasteiger partial charge in [0.05, 0.1) is 6.10 Å². The molecule has 2 rings (SSSR count). The van der Waals surface area contributed by atoms with E-state index >= 15 is 0 Å². The van der Waals surface area contributed by atoms with Gasteiger partial charge in [-0.25, -0.2) is 0 Å². The van der Waals surface area contributed by atoms with Crippen LogP contribution in [0.1, 0.15) is 91.4 Å². The highest BCUT2D eigenvalue weighted by Gasteiger charge is 2.29. The van der Waals surface area contributed by atoms with Crippen LogP contribution in [0.3, 0.4) is 0 Å². The summed E-state index contributed by atoms with van der Waals surface area (Å²) in [6.45, 7) is 6.83. The van der Waals surface area contributed by atoms with Gasteiger partial charge in [-0.1, -0.05) is 65.7 Å². The molecule has 0 radical (unpaired) electrons. The Morgan fingerprint density at radius 1 is 0.789 bits per heavy atom. The molecular formula is C18H36O. The number of unbranched alkanes of at least 4 members (excludes halogenated alkanes) is 1. The van der Waals surface area contributed by atoms with Crippen molar-refractivity contribution in [2.24, 2.45) is 17.8 Å². The number of hydrogen-bond donors (Lipinski definition) is 1. The van der Waals surface area contributed by atoms with Crippen molar-refractivity contribution in [1.82, 2.24) is 0 Å². The highest BCUT2D eigenvalue weighted by molar-refractivity contribution is 4.80. The summed E-state index contributed by atoms with van der Waals surface area (Å²) in [5.41, 5.74) is 0. The number of rotatable bonds is 3. The average Bonchev–Trinajstić information content (AvgIpc) is 2.48. The van der Waals surface area contributed by atoms with Crippen LogP contribution in [-0.4, -0.2) is 11.2 Å². The number of hydrogen-bond acceptors (Lipinski definition) is 1. The summed E-state index contributed by atoms with van der Waals surface area (Å²) in [5, 5.41) is 9.52. The zero-order valence-corrected chi connectivity index (χ0v) is 13.5. The Morgan fingerprint density at radius 3 is 1.74 bits per heavy atom. The van der Waals surface area contributed by atoms with Crippen molar-refractivity contribution in [3.05, 3.63) is 0 Å². The maximum Gasteiger partial charge on any atom is 0.0540 e. The summed E-state index contributed by atoms with van der Waals surface area (Å²) < 4.78 is 0. The minimum absolute atomic E-state index is 0.0137. The van der Waals surface area contributed by atoms with Gasteiger partial charge in [-0.2, -0.15) is 0 Å². The van der Waals surface area contributed by atoms with E-state index in [4.69, 9.17) is 0 Å². The minimum Gasteiger partial charge on any atom is -0.393 e. The van der Waals surface area contributed by atoms with Crippen molar-refractivity contribution in [3.8, 4) is 0 Å². The third-order valence-electron chi connectivity index (χ3n) is 5.38. The summed E-state index contributed by atoms with van der Waals surface area (Å²) in [6.07, 6.45) is 14.7. The lowest BCUT2D eigenvalue weighted by Gasteiger charge is -2.36. The van der Waals surface area contributed by atoms with Crippen LogP contribution < -0.4 is 0 Å². The van der Waals surface area contributed by atoms with Gasteiger partial charge in [-0.05, 0) is 43.4 Å². The largest absolute Gasteiger partial charge is 0.393 e. The molecule has 0 aliphatic heterocycles. The molecule has 2 aliphatic rings. The predicted octanol–water partition coefficient (Wildman–Crippen LogP) is 5.56. The van der Waals surface area contributed by atoms with Gasteiger partial charge in [0.15, 0.2) is 0 Å². The number of aliphatic hydroxyl groups excluding tert-OH is 1. The molecule has 2 fully saturated rings. The normalized spacial score (nSPS) is 30.3. The lowest BCUT2D eigenvalue weighted by Crippen LogP contribution is -2.28. The van der Waals surface area contributed by atoms with Crippen molar-refractivity contribution in [2.75, 3.05) is 0 Å². The van der Waals surface area contributed by atoms with E-state index in [0.717, 1.165) is 30.6 Å². The SMILES string of the molecule is CC(C1CCCCC1)C1CCC(O)CC1.CCCC. The van der Waals surface area contributed by atoms with Crippen LogP contribution in [0.2, 0.25) is 0 Å². The molecule has 0 heterocycles. The quantitative estimate of drug-likeness (QED) is 0.710. The van der Waals surface area contributed by atoms with E-state index in [9.17, 15) is 5.11 Å². The second kappa shape index (κ2) is 9.80. The van der Waals surface area contributed by atoms with Crippen molar-refractivity contribution in [1.29, 1.82) is 0 Å². The van der Waals surface area contributed by atoms with Crippen LogP contribution in [0.5, 0.6) is 0 Å². The second-order valence-electron chi connectivity index (χ2n) is 6.83. The van der Waals surface area contributed by atoms with Gasteiger partial charge >= 0.3 is 0 Å². The molecule has 1 atom stereocenters. The van der Waals surface area contributed by atoms with Crippen molar-refractivity contribution >= 4 is 0 Å². The van der Waals surface area contributed by atoms with Crippen LogP contribution in [0.15, 0.2) is 0 Å². The van der Waals surface area contributed by atoms with E-state index in [1.54, 1.807) is 0 Å². The molecule has 1 nitrogen and oxygen atoms in total. The first kappa shape index (κ1) is 17.0. The first-order valence-electron chi connectivity index (χ1n) is 8.87. The van der Waals surface area contributed by atoms with Gasteiger partial charge in [0.1, 0.15) is 0 Å². The van der Waals surface area contributed by atoms with E-state index in [0.29, 0.717) is 0 Å². The third-order valence-corrected chi connectivity index (χ3v) is 5.38. The molecule has 1 heteroatoms. The smallest absolute Gasteiger partial charge is 0.0540 e. The van der Waals surface area contributed by atoms with E-state index in [-0.39, 0.29) is 6.10 Å². The lowest BCUT2D eigenvalue weighted by atomic mass is 9.70. The van der Waals surface area contributed by atoms with E-state index in [2.05, 4.69) is 20.8 Å². The highest BCUT2D eigenvalue weighted by atomic mass is 16.3. The first-order chi connectivity index (χ1) is 9.19. The van der Waals surface area contributed by atoms with Gasteiger partial charge < -0.3 is 5.11 Å². The van der Waals surface area contributed by atoms with Crippen LogP contribution in [0.25, 0.3) is 0 Å². The predicted molar refractivity (Wildman–Crippen MR) is 84.3 cm³/mol. The summed E-state index contributed by atoms with van der Waals surface area (Å²) in [6, 6.07) is 0. The van der Waals surface area contributed by atoms with E-state index in [1.807, 2.05) is 0 Å². The van der Waals surface area contributed by atoms with Gasteiger partial charge in [0.25, 0.3) is 0 Å². The summed E-state index contributed by atoms with van der Waals surface area (Å²) in [7, 11) is 0. The van der Waals surface area contributed by atoms with Crippen molar-refractivity contribution in [2.45, 2.75) is 97.5 Å². The maximum absolute atomic E-state index is 9.52. The third kappa shape index (κ3) is 6.29. The van der Waals surface area contributed by atoms with E-state index in [1.165, 1.54) is 57.8 Å². The summed E-state index contributed by atoms with van der Waals surface area (Å²) in [5.74, 6) is 2.83. The molecule has 0 aromatic rings. The van der Waals surface area contributed by atoms with Crippen LogP contribution in [0.4, 0.5) is 0 Å². The first-order valence-corrected chi connectivity index (χ1v) is 8.87. The van der Waals surface area contributed by atoms with Gasteiger partial charge in [0, 0.05) is 0 Å². The average molecular weight is 268 g/mol. The zero-order valence-electron chi connectivity index (χ0n) is 13.5. The summed E-state index contributed by atoms with van der Waals surface area (Å²) >= 11 is 0. The van der Waals surface area contributed by atoms with Crippen LogP contribution in [-0.2, 0) is 0 Å². The molecule has 1 N–H and O–H groups in total. The second-order valence-corrected chi connectivity index (χ2v) is 6.83. The molecule has 0 aromatic heterocycles. The molecule has 19 heavy (non-hydrogen) atoms. The molecule has 1 unspecified atom stereocenters. The standard InChI is InChI=1S/C14H26O.C4H10/c1-11(12-5-3-2-4-6-12)13-7-9-14(15)10-8-13;1-3-4-2/h11-15H,2-10H2,1H3;3-4H2,1-2H3. The molecule has 0 bridgehead atoms.